The number of likely N-dealkylation sites (tertiary alicyclic amines) is 1. The van der Waals surface area contributed by atoms with Gasteiger partial charge in [0.25, 0.3) is 5.91 Å². The van der Waals surface area contributed by atoms with Gasteiger partial charge >= 0.3 is 0 Å². The van der Waals surface area contributed by atoms with E-state index in [9.17, 15) is 4.79 Å². The fourth-order valence-corrected chi connectivity index (χ4v) is 2.80. The molecule has 116 valence electrons. The highest BCUT2D eigenvalue weighted by Crippen LogP contribution is 2.24. The molecule has 0 radical (unpaired) electrons. The van der Waals surface area contributed by atoms with Crippen molar-refractivity contribution in [2.75, 3.05) is 20.1 Å². The van der Waals surface area contributed by atoms with Crippen LogP contribution in [0.3, 0.4) is 0 Å². The van der Waals surface area contributed by atoms with Gasteiger partial charge in [-0.05, 0) is 51.4 Å². The summed E-state index contributed by atoms with van der Waals surface area (Å²) in [5.41, 5.74) is 0.961. The molecule has 1 aromatic carbocycles. The Hall–Kier alpha value is -1.26. The van der Waals surface area contributed by atoms with E-state index in [1.54, 1.807) is 6.07 Å². The number of ether oxygens (including phenoxy) is 1. The van der Waals surface area contributed by atoms with Crippen molar-refractivity contribution in [3.05, 3.63) is 28.8 Å². The van der Waals surface area contributed by atoms with E-state index in [1.165, 1.54) is 6.42 Å². The Bertz CT molecular complexity index is 487. The van der Waals surface area contributed by atoms with Crippen molar-refractivity contribution >= 4 is 17.5 Å². The second-order valence-corrected chi connectivity index (χ2v) is 5.86. The number of carbonyl (C=O) groups is 1. The topological polar surface area (TPSA) is 41.6 Å². The van der Waals surface area contributed by atoms with E-state index in [2.05, 4.69) is 5.32 Å². The average molecular weight is 311 g/mol. The largest absolute Gasteiger partial charge is 0.481 e. The van der Waals surface area contributed by atoms with Crippen molar-refractivity contribution in [1.82, 2.24) is 10.2 Å². The normalized spacial score (nSPS) is 16.6. The van der Waals surface area contributed by atoms with Crippen molar-refractivity contribution < 1.29 is 9.53 Å². The Morgan fingerprint density at radius 2 is 2.10 bits per heavy atom. The Kier molecular flexibility index (Phi) is 5.88. The van der Waals surface area contributed by atoms with E-state index in [0.717, 1.165) is 31.5 Å². The van der Waals surface area contributed by atoms with Crippen LogP contribution < -0.4 is 10.1 Å². The molecule has 0 aromatic heterocycles. The lowest BCUT2D eigenvalue weighted by Crippen LogP contribution is -2.43. The number of rotatable bonds is 5. The molecule has 0 saturated carbocycles. The van der Waals surface area contributed by atoms with E-state index in [-0.39, 0.29) is 5.91 Å². The van der Waals surface area contributed by atoms with E-state index >= 15 is 0 Å². The maximum Gasteiger partial charge on any atom is 0.263 e. The van der Waals surface area contributed by atoms with Gasteiger partial charge in [-0.15, -0.1) is 0 Å². The number of piperidine rings is 1. The fourth-order valence-electron chi connectivity index (χ4n) is 2.60. The van der Waals surface area contributed by atoms with Crippen molar-refractivity contribution in [3.8, 4) is 5.75 Å². The number of carbonyl (C=O) groups excluding carboxylic acids is 1. The van der Waals surface area contributed by atoms with Crippen LogP contribution in [0.2, 0.25) is 5.02 Å². The molecule has 1 heterocycles. The van der Waals surface area contributed by atoms with Gasteiger partial charge in [0.15, 0.2) is 6.10 Å². The third kappa shape index (κ3) is 4.35. The first-order valence-corrected chi connectivity index (χ1v) is 7.88. The monoisotopic (exact) mass is 310 g/mol. The van der Waals surface area contributed by atoms with Gasteiger partial charge in [-0.3, -0.25) is 4.79 Å². The van der Waals surface area contributed by atoms with Crippen LogP contribution >= 0.6 is 11.6 Å². The second-order valence-electron chi connectivity index (χ2n) is 5.43. The summed E-state index contributed by atoms with van der Waals surface area (Å²) in [6, 6.07) is 5.48. The van der Waals surface area contributed by atoms with Crippen LogP contribution in [-0.4, -0.2) is 37.0 Å². The smallest absolute Gasteiger partial charge is 0.263 e. The molecule has 1 unspecified atom stereocenters. The Morgan fingerprint density at radius 1 is 1.38 bits per heavy atom. The first-order chi connectivity index (χ1) is 10.1. The third-order valence-electron chi connectivity index (χ3n) is 3.71. The van der Waals surface area contributed by atoms with Crippen LogP contribution in [0.5, 0.6) is 5.75 Å². The zero-order chi connectivity index (χ0) is 15.2. The number of halogens is 1. The quantitative estimate of drug-likeness (QED) is 0.909. The molecule has 2 rings (SSSR count). The molecule has 1 saturated heterocycles. The van der Waals surface area contributed by atoms with Crippen LogP contribution in [0.15, 0.2) is 18.2 Å². The fraction of sp³-hybridized carbons (Fsp3) is 0.562. The minimum absolute atomic E-state index is 0.0695. The highest BCUT2D eigenvalue weighted by molar-refractivity contribution is 6.30. The van der Waals surface area contributed by atoms with Gasteiger partial charge in [0.2, 0.25) is 0 Å². The molecule has 1 amide bonds. The van der Waals surface area contributed by atoms with Gasteiger partial charge in [0.1, 0.15) is 5.75 Å². The van der Waals surface area contributed by atoms with Crippen LogP contribution in [-0.2, 0) is 11.3 Å². The molecule has 1 aromatic rings. The molecule has 0 aliphatic carbocycles. The van der Waals surface area contributed by atoms with Crippen LogP contribution in [0.25, 0.3) is 0 Å². The van der Waals surface area contributed by atoms with Crippen molar-refractivity contribution in [1.29, 1.82) is 0 Å². The molecule has 0 bridgehead atoms. The van der Waals surface area contributed by atoms with Gasteiger partial charge < -0.3 is 15.0 Å². The van der Waals surface area contributed by atoms with Gasteiger partial charge in [0.05, 0.1) is 0 Å². The Labute approximate surface area is 131 Å². The highest BCUT2D eigenvalue weighted by Gasteiger charge is 2.24. The summed E-state index contributed by atoms with van der Waals surface area (Å²) in [6.45, 7) is 4.16. The maximum atomic E-state index is 12.4. The third-order valence-corrected chi connectivity index (χ3v) is 3.94. The summed E-state index contributed by atoms with van der Waals surface area (Å²) in [7, 11) is 1.87. The molecule has 1 aliphatic rings. The Morgan fingerprint density at radius 3 is 2.76 bits per heavy atom. The second kappa shape index (κ2) is 7.66. The molecule has 5 heteroatoms. The number of nitrogens with one attached hydrogen (secondary N) is 1. The molecular weight excluding hydrogens is 288 g/mol. The van der Waals surface area contributed by atoms with Crippen LogP contribution in [0.4, 0.5) is 0 Å². The van der Waals surface area contributed by atoms with Gasteiger partial charge in [-0.2, -0.15) is 0 Å². The zero-order valence-electron chi connectivity index (χ0n) is 12.7. The first-order valence-electron chi connectivity index (χ1n) is 7.50. The van der Waals surface area contributed by atoms with Crippen molar-refractivity contribution in [2.45, 2.75) is 38.8 Å². The van der Waals surface area contributed by atoms with Gasteiger partial charge in [-0.25, -0.2) is 0 Å². The summed E-state index contributed by atoms with van der Waals surface area (Å²) in [5, 5.41) is 3.75. The lowest BCUT2D eigenvalue weighted by molar-refractivity contribution is -0.138. The lowest BCUT2D eigenvalue weighted by atomic mass is 10.1. The van der Waals surface area contributed by atoms with Gasteiger partial charge in [-0.1, -0.05) is 11.6 Å². The van der Waals surface area contributed by atoms with Crippen LogP contribution in [0.1, 0.15) is 31.7 Å². The van der Waals surface area contributed by atoms with Crippen LogP contribution in [0, 0.1) is 0 Å². The summed E-state index contributed by atoms with van der Waals surface area (Å²) in [5.74, 6) is 0.784. The Balaban J connectivity index is 2.04. The molecule has 0 spiro atoms. The zero-order valence-corrected chi connectivity index (χ0v) is 13.4. The summed E-state index contributed by atoms with van der Waals surface area (Å²) in [6.07, 6.45) is 2.91. The average Bonchev–Trinajstić information content (AvgIpc) is 2.50. The summed E-state index contributed by atoms with van der Waals surface area (Å²) >= 11 is 6.01. The van der Waals surface area contributed by atoms with E-state index in [4.69, 9.17) is 16.3 Å². The molecule has 1 aliphatic heterocycles. The van der Waals surface area contributed by atoms with E-state index in [1.807, 2.05) is 31.0 Å². The maximum absolute atomic E-state index is 12.4. The van der Waals surface area contributed by atoms with E-state index < -0.39 is 6.10 Å². The summed E-state index contributed by atoms with van der Waals surface area (Å²) < 4.78 is 5.88. The molecule has 4 nitrogen and oxygen atoms in total. The molecule has 1 atom stereocenters. The molecule has 1 fully saturated rings. The number of amides is 1. The minimum Gasteiger partial charge on any atom is -0.481 e. The van der Waals surface area contributed by atoms with E-state index in [0.29, 0.717) is 17.3 Å². The number of hydrogen-bond acceptors (Lipinski definition) is 3. The predicted octanol–water partition coefficient (Wildman–Crippen LogP) is 2.84. The predicted molar refractivity (Wildman–Crippen MR) is 84.7 cm³/mol. The molecule has 1 N–H and O–H groups in total. The minimum atomic E-state index is -0.472. The van der Waals surface area contributed by atoms with Gasteiger partial charge in [0, 0.05) is 30.2 Å². The standard InChI is InChI=1S/C16H23ClN2O2/c1-12(16(20)19-8-4-3-5-9-19)21-15-7-6-14(17)10-13(15)11-18-2/h6-7,10,12,18H,3-5,8-9,11H2,1-2H3. The first kappa shape index (κ1) is 16.1. The SMILES string of the molecule is CNCc1cc(Cl)ccc1OC(C)C(=O)N1CCCCC1. The highest BCUT2D eigenvalue weighted by atomic mass is 35.5. The van der Waals surface area contributed by atoms with Crippen molar-refractivity contribution in [2.24, 2.45) is 0 Å². The molecular formula is C16H23ClN2O2. The number of benzene rings is 1. The van der Waals surface area contributed by atoms with Crippen molar-refractivity contribution in [3.63, 3.8) is 0 Å². The number of hydrogen-bond donors (Lipinski definition) is 1. The summed E-state index contributed by atoms with van der Waals surface area (Å²) in [4.78, 5) is 14.3. The number of nitrogens with zero attached hydrogens (tertiary/aromatic N) is 1. The molecule has 21 heavy (non-hydrogen) atoms. The lowest BCUT2D eigenvalue weighted by Gasteiger charge is -2.29.